The van der Waals surface area contributed by atoms with Crippen LogP contribution in [0.4, 0.5) is 0 Å². The molecule has 86 valence electrons. The summed E-state index contributed by atoms with van der Waals surface area (Å²) >= 11 is 0. The second-order valence-electron chi connectivity index (χ2n) is 3.91. The maximum absolute atomic E-state index is 8.76. The highest BCUT2D eigenvalue weighted by molar-refractivity contribution is 5.25. The zero-order valence-corrected chi connectivity index (χ0v) is 9.63. The molecule has 0 aliphatic rings. The smallest absolute Gasteiger partial charge is 0.140 e. The summed E-state index contributed by atoms with van der Waals surface area (Å²) in [6, 6.07) is 9.58. The van der Waals surface area contributed by atoms with Crippen LogP contribution in [-0.4, -0.2) is 16.9 Å². The zero-order valence-electron chi connectivity index (χ0n) is 9.63. The molecular weight excluding hydrogens is 214 g/mol. The van der Waals surface area contributed by atoms with Gasteiger partial charge in [-0.2, -0.15) is 5.26 Å². The van der Waals surface area contributed by atoms with Crippen LogP contribution in [0.5, 0.6) is 0 Å². The Kier molecular flexibility index (Phi) is 3.53. The van der Waals surface area contributed by atoms with E-state index in [0.717, 1.165) is 24.4 Å². The third-order valence-electron chi connectivity index (χ3n) is 2.40. The summed E-state index contributed by atoms with van der Waals surface area (Å²) in [5.41, 5.74) is 1.53. The molecule has 0 aliphatic heterocycles. The number of nitrogens with zero attached hydrogens (tertiary/aromatic N) is 3. The molecule has 0 N–H and O–H groups in total. The van der Waals surface area contributed by atoms with Crippen molar-refractivity contribution in [1.29, 1.82) is 5.26 Å². The Morgan fingerprint density at radius 1 is 1.41 bits per heavy atom. The van der Waals surface area contributed by atoms with Gasteiger partial charge in [0.05, 0.1) is 12.8 Å². The van der Waals surface area contributed by atoms with Gasteiger partial charge < -0.3 is 4.42 Å². The predicted molar refractivity (Wildman–Crippen MR) is 62.8 cm³/mol. The first-order chi connectivity index (χ1) is 8.28. The Balaban J connectivity index is 1.98. The fourth-order valence-corrected chi connectivity index (χ4v) is 1.67. The highest BCUT2D eigenvalue weighted by Gasteiger charge is 2.04. The summed E-state index contributed by atoms with van der Waals surface area (Å²) in [4.78, 5) is 6.06. The number of hydrogen-bond acceptors (Lipinski definition) is 4. The van der Waals surface area contributed by atoms with Crippen molar-refractivity contribution in [2.24, 2.45) is 0 Å². The van der Waals surface area contributed by atoms with Crippen LogP contribution in [0.15, 0.2) is 41.1 Å². The van der Waals surface area contributed by atoms with Crippen LogP contribution >= 0.6 is 0 Å². The third-order valence-corrected chi connectivity index (χ3v) is 2.40. The first kappa shape index (κ1) is 11.4. The van der Waals surface area contributed by atoms with E-state index in [1.165, 1.54) is 0 Å². The van der Waals surface area contributed by atoms with Crippen LogP contribution in [0.2, 0.25) is 0 Å². The molecule has 2 heterocycles. The molecule has 0 bridgehead atoms. The lowest BCUT2D eigenvalue weighted by molar-refractivity contribution is 0.288. The number of hydrogen-bond donors (Lipinski definition) is 0. The Labute approximate surface area is 100 Å². The molecule has 0 spiro atoms. The Morgan fingerprint density at radius 3 is 3.00 bits per heavy atom. The van der Waals surface area contributed by atoms with Gasteiger partial charge in [0.1, 0.15) is 17.5 Å². The Bertz CT molecular complexity index is 514. The van der Waals surface area contributed by atoms with Crippen LogP contribution in [0.1, 0.15) is 17.0 Å². The van der Waals surface area contributed by atoms with E-state index in [-0.39, 0.29) is 0 Å². The van der Waals surface area contributed by atoms with Gasteiger partial charge in [-0.25, -0.2) is 4.98 Å². The number of rotatable bonds is 4. The van der Waals surface area contributed by atoms with Crippen LogP contribution in [-0.2, 0) is 13.1 Å². The van der Waals surface area contributed by atoms with E-state index in [0.29, 0.717) is 5.69 Å². The van der Waals surface area contributed by atoms with E-state index in [9.17, 15) is 0 Å². The number of nitriles is 1. The lowest BCUT2D eigenvalue weighted by Gasteiger charge is -2.14. The minimum absolute atomic E-state index is 0.453. The molecular formula is C13H13N3O. The second-order valence-corrected chi connectivity index (χ2v) is 3.91. The number of furan rings is 1. The third kappa shape index (κ3) is 3.16. The van der Waals surface area contributed by atoms with Crippen LogP contribution in [0, 0.1) is 11.3 Å². The quantitative estimate of drug-likeness (QED) is 0.803. The number of pyridine rings is 1. The lowest BCUT2D eigenvalue weighted by atomic mass is 10.2. The van der Waals surface area contributed by atoms with Gasteiger partial charge in [0.15, 0.2) is 0 Å². The molecule has 0 fully saturated rings. The van der Waals surface area contributed by atoms with Crippen molar-refractivity contribution < 1.29 is 4.42 Å². The minimum Gasteiger partial charge on any atom is -0.468 e. The monoisotopic (exact) mass is 227 g/mol. The molecule has 0 radical (unpaired) electrons. The van der Waals surface area contributed by atoms with Crippen molar-refractivity contribution in [3.63, 3.8) is 0 Å². The molecule has 17 heavy (non-hydrogen) atoms. The van der Waals surface area contributed by atoms with E-state index in [1.54, 1.807) is 18.5 Å². The van der Waals surface area contributed by atoms with Gasteiger partial charge in [-0.1, -0.05) is 0 Å². The fourth-order valence-electron chi connectivity index (χ4n) is 1.67. The van der Waals surface area contributed by atoms with Gasteiger partial charge in [-0.05, 0) is 36.9 Å². The molecule has 2 aromatic heterocycles. The van der Waals surface area contributed by atoms with Gasteiger partial charge in [-0.15, -0.1) is 0 Å². The van der Waals surface area contributed by atoms with Crippen LogP contribution in [0.3, 0.4) is 0 Å². The SMILES string of the molecule is CN(Cc1ccnc(C#N)c1)Cc1ccco1. The van der Waals surface area contributed by atoms with E-state index in [2.05, 4.69) is 9.88 Å². The summed E-state index contributed by atoms with van der Waals surface area (Å²) in [6.07, 6.45) is 3.33. The van der Waals surface area contributed by atoms with Crippen molar-refractivity contribution in [3.8, 4) is 6.07 Å². The summed E-state index contributed by atoms with van der Waals surface area (Å²) < 4.78 is 5.28. The maximum atomic E-state index is 8.76. The lowest BCUT2D eigenvalue weighted by Crippen LogP contribution is -2.16. The average Bonchev–Trinajstić information content (AvgIpc) is 2.82. The Hall–Kier alpha value is -2.12. The van der Waals surface area contributed by atoms with E-state index >= 15 is 0 Å². The van der Waals surface area contributed by atoms with Crippen LogP contribution < -0.4 is 0 Å². The second kappa shape index (κ2) is 5.28. The van der Waals surface area contributed by atoms with Crippen LogP contribution in [0.25, 0.3) is 0 Å². The van der Waals surface area contributed by atoms with Crippen molar-refractivity contribution in [2.45, 2.75) is 13.1 Å². The molecule has 4 nitrogen and oxygen atoms in total. The standard InChI is InChI=1S/C13H13N3O/c1-16(10-13-3-2-6-17-13)9-11-4-5-15-12(7-11)8-14/h2-7H,9-10H2,1H3. The van der Waals surface area contributed by atoms with E-state index in [4.69, 9.17) is 9.68 Å². The summed E-state index contributed by atoms with van der Waals surface area (Å²) in [6.45, 7) is 1.51. The molecule has 2 rings (SSSR count). The molecule has 0 atom stereocenters. The molecule has 0 aromatic carbocycles. The van der Waals surface area contributed by atoms with Crippen molar-refractivity contribution in [2.75, 3.05) is 7.05 Å². The summed E-state index contributed by atoms with van der Waals surface area (Å²) in [7, 11) is 2.01. The fraction of sp³-hybridized carbons (Fsp3) is 0.231. The van der Waals surface area contributed by atoms with Crippen molar-refractivity contribution in [3.05, 3.63) is 53.7 Å². The van der Waals surface area contributed by atoms with Gasteiger partial charge in [0.2, 0.25) is 0 Å². The molecule has 0 aliphatic carbocycles. The minimum atomic E-state index is 0.453. The van der Waals surface area contributed by atoms with Gasteiger partial charge in [0.25, 0.3) is 0 Å². The average molecular weight is 227 g/mol. The zero-order chi connectivity index (χ0) is 12.1. The largest absolute Gasteiger partial charge is 0.468 e. The molecule has 0 saturated carbocycles. The van der Waals surface area contributed by atoms with E-state index < -0.39 is 0 Å². The van der Waals surface area contributed by atoms with Gasteiger partial charge in [-0.3, -0.25) is 4.90 Å². The molecule has 2 aromatic rings. The van der Waals surface area contributed by atoms with Crippen molar-refractivity contribution in [1.82, 2.24) is 9.88 Å². The normalized spacial score (nSPS) is 10.4. The van der Waals surface area contributed by atoms with Crippen molar-refractivity contribution >= 4 is 0 Å². The van der Waals surface area contributed by atoms with Gasteiger partial charge in [0, 0.05) is 12.7 Å². The molecule has 4 heteroatoms. The Morgan fingerprint density at radius 2 is 2.29 bits per heavy atom. The number of aromatic nitrogens is 1. The molecule has 0 amide bonds. The highest BCUT2D eigenvalue weighted by atomic mass is 16.3. The first-order valence-electron chi connectivity index (χ1n) is 5.34. The van der Waals surface area contributed by atoms with E-state index in [1.807, 2.05) is 31.3 Å². The topological polar surface area (TPSA) is 53.1 Å². The predicted octanol–water partition coefficient (Wildman–Crippen LogP) is 2.18. The first-order valence-corrected chi connectivity index (χ1v) is 5.34. The molecule has 0 saturated heterocycles. The summed E-state index contributed by atoms with van der Waals surface area (Å²) in [5, 5.41) is 8.76. The molecule has 0 unspecified atom stereocenters. The van der Waals surface area contributed by atoms with Gasteiger partial charge >= 0.3 is 0 Å². The summed E-state index contributed by atoms with van der Waals surface area (Å²) in [5.74, 6) is 0.932. The highest BCUT2D eigenvalue weighted by Crippen LogP contribution is 2.08. The maximum Gasteiger partial charge on any atom is 0.140 e.